The summed E-state index contributed by atoms with van der Waals surface area (Å²) in [7, 11) is 1.47. The van der Waals surface area contributed by atoms with Crippen LogP contribution in [-0.2, 0) is 9.47 Å². The van der Waals surface area contributed by atoms with Gasteiger partial charge in [0.1, 0.15) is 6.61 Å². The highest BCUT2D eigenvalue weighted by atomic mass is 16.6. The average Bonchev–Trinajstić information content (AvgIpc) is 2.13. The molecule has 0 aliphatic carbocycles. The van der Waals surface area contributed by atoms with E-state index in [0.717, 1.165) is 0 Å². The second-order valence-corrected chi connectivity index (χ2v) is 3.56. The first kappa shape index (κ1) is 13.5. The second-order valence-electron chi connectivity index (χ2n) is 3.56. The van der Waals surface area contributed by atoms with Crippen molar-refractivity contribution in [2.45, 2.75) is 26.3 Å². The SMILES string of the molecule is CCOC(=O)NC(C)(C)COC(=O)NC. The minimum atomic E-state index is -0.654. The van der Waals surface area contributed by atoms with Crippen LogP contribution in [0.3, 0.4) is 0 Å². The summed E-state index contributed by atoms with van der Waals surface area (Å²) < 4.78 is 9.52. The molecule has 0 rings (SSSR count). The van der Waals surface area contributed by atoms with E-state index < -0.39 is 17.7 Å². The number of hydrogen-bond donors (Lipinski definition) is 2. The highest BCUT2D eigenvalue weighted by Crippen LogP contribution is 2.03. The zero-order chi connectivity index (χ0) is 11.9. The predicted molar refractivity (Wildman–Crippen MR) is 54.6 cm³/mol. The molecule has 0 saturated carbocycles. The molecule has 2 N–H and O–H groups in total. The minimum Gasteiger partial charge on any atom is -0.450 e. The van der Waals surface area contributed by atoms with Crippen molar-refractivity contribution in [3.8, 4) is 0 Å². The van der Waals surface area contributed by atoms with Gasteiger partial charge in [-0.15, -0.1) is 0 Å². The number of carbonyl (C=O) groups excluding carboxylic acids is 2. The summed E-state index contributed by atoms with van der Waals surface area (Å²) in [5, 5.41) is 4.88. The van der Waals surface area contributed by atoms with Crippen LogP contribution in [0.5, 0.6) is 0 Å². The van der Waals surface area contributed by atoms with Gasteiger partial charge >= 0.3 is 12.2 Å². The lowest BCUT2D eigenvalue weighted by Gasteiger charge is -2.24. The van der Waals surface area contributed by atoms with Crippen LogP contribution in [0.15, 0.2) is 0 Å². The largest absolute Gasteiger partial charge is 0.450 e. The molecule has 6 heteroatoms. The summed E-state index contributed by atoms with van der Waals surface area (Å²) >= 11 is 0. The molecule has 0 fully saturated rings. The number of ether oxygens (including phenoxy) is 2. The monoisotopic (exact) mass is 218 g/mol. The molecule has 0 saturated heterocycles. The summed E-state index contributed by atoms with van der Waals surface area (Å²) in [6.07, 6.45) is -1.06. The topological polar surface area (TPSA) is 76.7 Å². The van der Waals surface area contributed by atoms with Gasteiger partial charge < -0.3 is 20.1 Å². The minimum absolute atomic E-state index is 0.0749. The second kappa shape index (κ2) is 6.10. The van der Waals surface area contributed by atoms with Crippen LogP contribution < -0.4 is 10.6 Å². The van der Waals surface area contributed by atoms with Crippen molar-refractivity contribution in [1.82, 2.24) is 10.6 Å². The van der Waals surface area contributed by atoms with Crippen molar-refractivity contribution in [3.05, 3.63) is 0 Å². The van der Waals surface area contributed by atoms with Crippen molar-refractivity contribution in [1.29, 1.82) is 0 Å². The lowest BCUT2D eigenvalue weighted by molar-refractivity contribution is 0.102. The van der Waals surface area contributed by atoms with Crippen LogP contribution in [0.4, 0.5) is 9.59 Å². The molecule has 0 unspecified atom stereocenters. The maximum Gasteiger partial charge on any atom is 0.407 e. The van der Waals surface area contributed by atoms with Gasteiger partial charge in [0.2, 0.25) is 0 Å². The third-order valence-electron chi connectivity index (χ3n) is 1.48. The Kier molecular flexibility index (Phi) is 5.51. The third-order valence-corrected chi connectivity index (χ3v) is 1.48. The fraction of sp³-hybridized carbons (Fsp3) is 0.778. The Morgan fingerprint density at radius 1 is 1.20 bits per heavy atom. The predicted octanol–water partition coefficient (Wildman–Crippen LogP) is 0.867. The molecule has 0 bridgehead atoms. The van der Waals surface area contributed by atoms with Crippen LogP contribution in [0.2, 0.25) is 0 Å². The summed E-state index contributed by atoms with van der Waals surface area (Å²) in [5.41, 5.74) is -0.654. The van der Waals surface area contributed by atoms with E-state index in [4.69, 9.17) is 9.47 Å². The highest BCUT2D eigenvalue weighted by molar-refractivity contribution is 5.68. The number of nitrogens with one attached hydrogen (secondary N) is 2. The number of rotatable bonds is 4. The van der Waals surface area contributed by atoms with E-state index in [2.05, 4.69) is 10.6 Å². The van der Waals surface area contributed by atoms with E-state index in [1.807, 2.05) is 0 Å². The maximum absolute atomic E-state index is 11.1. The molecule has 0 aromatic heterocycles. The van der Waals surface area contributed by atoms with Gasteiger partial charge in [-0.2, -0.15) is 0 Å². The standard InChI is InChI=1S/C9H18N2O4/c1-5-14-8(13)11-9(2,3)6-15-7(12)10-4/h5-6H2,1-4H3,(H,10,12)(H,11,13). The van der Waals surface area contributed by atoms with Crippen molar-refractivity contribution < 1.29 is 19.1 Å². The van der Waals surface area contributed by atoms with Gasteiger partial charge in [-0.25, -0.2) is 9.59 Å². The molecular weight excluding hydrogens is 200 g/mol. The van der Waals surface area contributed by atoms with Crippen LogP contribution in [0.1, 0.15) is 20.8 Å². The van der Waals surface area contributed by atoms with Crippen molar-refractivity contribution in [3.63, 3.8) is 0 Å². The molecule has 0 atom stereocenters. The zero-order valence-electron chi connectivity index (χ0n) is 9.55. The summed E-state index contributed by atoms with van der Waals surface area (Å²) in [4.78, 5) is 21.9. The summed E-state index contributed by atoms with van der Waals surface area (Å²) in [6, 6.07) is 0. The number of amides is 2. The smallest absolute Gasteiger partial charge is 0.407 e. The summed E-state index contributed by atoms with van der Waals surface area (Å²) in [5.74, 6) is 0. The molecule has 6 nitrogen and oxygen atoms in total. The fourth-order valence-electron chi connectivity index (χ4n) is 0.798. The average molecular weight is 218 g/mol. The lowest BCUT2D eigenvalue weighted by Crippen LogP contribution is -2.48. The first-order chi connectivity index (χ1) is 6.91. The Morgan fingerprint density at radius 2 is 1.80 bits per heavy atom. The fourth-order valence-corrected chi connectivity index (χ4v) is 0.798. The van der Waals surface area contributed by atoms with E-state index in [-0.39, 0.29) is 6.61 Å². The Bertz CT molecular complexity index is 228. The molecule has 0 aromatic carbocycles. The van der Waals surface area contributed by atoms with Crippen LogP contribution >= 0.6 is 0 Å². The van der Waals surface area contributed by atoms with Gasteiger partial charge in [-0.3, -0.25) is 0 Å². The van der Waals surface area contributed by atoms with Gasteiger partial charge in [0.15, 0.2) is 0 Å². The molecule has 0 heterocycles. The Balaban J connectivity index is 3.95. The van der Waals surface area contributed by atoms with Crippen molar-refractivity contribution in [2.75, 3.05) is 20.3 Å². The van der Waals surface area contributed by atoms with Crippen LogP contribution in [-0.4, -0.2) is 38.0 Å². The van der Waals surface area contributed by atoms with Gasteiger partial charge in [0.25, 0.3) is 0 Å². The van der Waals surface area contributed by atoms with Crippen LogP contribution in [0, 0.1) is 0 Å². The molecule has 2 amide bonds. The number of carbonyl (C=O) groups is 2. The van der Waals surface area contributed by atoms with E-state index in [1.54, 1.807) is 20.8 Å². The van der Waals surface area contributed by atoms with E-state index in [1.165, 1.54) is 7.05 Å². The molecule has 0 radical (unpaired) electrons. The molecule has 0 aromatic rings. The normalized spacial score (nSPS) is 10.4. The number of alkyl carbamates (subject to hydrolysis) is 2. The summed E-state index contributed by atoms with van der Waals surface area (Å²) in [6.45, 7) is 5.55. The lowest BCUT2D eigenvalue weighted by atomic mass is 10.1. The molecule has 15 heavy (non-hydrogen) atoms. The Hall–Kier alpha value is -1.46. The van der Waals surface area contributed by atoms with Crippen molar-refractivity contribution in [2.24, 2.45) is 0 Å². The van der Waals surface area contributed by atoms with E-state index in [0.29, 0.717) is 6.61 Å². The Morgan fingerprint density at radius 3 is 2.27 bits per heavy atom. The third kappa shape index (κ3) is 6.59. The Labute approximate surface area is 89.3 Å². The van der Waals surface area contributed by atoms with Gasteiger partial charge in [-0.05, 0) is 20.8 Å². The van der Waals surface area contributed by atoms with Gasteiger partial charge in [-0.1, -0.05) is 0 Å². The molecule has 0 aliphatic rings. The van der Waals surface area contributed by atoms with Gasteiger partial charge in [0, 0.05) is 7.05 Å². The highest BCUT2D eigenvalue weighted by Gasteiger charge is 2.22. The van der Waals surface area contributed by atoms with Crippen molar-refractivity contribution >= 4 is 12.2 Å². The zero-order valence-corrected chi connectivity index (χ0v) is 9.55. The molecule has 0 aliphatic heterocycles. The number of hydrogen-bond acceptors (Lipinski definition) is 4. The van der Waals surface area contributed by atoms with E-state index in [9.17, 15) is 9.59 Å². The molecule has 0 spiro atoms. The van der Waals surface area contributed by atoms with E-state index >= 15 is 0 Å². The first-order valence-electron chi connectivity index (χ1n) is 4.70. The molecule has 88 valence electrons. The quantitative estimate of drug-likeness (QED) is 0.734. The maximum atomic E-state index is 11.1. The van der Waals surface area contributed by atoms with Gasteiger partial charge in [0.05, 0.1) is 12.1 Å². The first-order valence-corrected chi connectivity index (χ1v) is 4.70. The molecular formula is C9H18N2O4. The van der Waals surface area contributed by atoms with Crippen LogP contribution in [0.25, 0.3) is 0 Å².